The van der Waals surface area contributed by atoms with Crippen LogP contribution < -0.4 is 16.2 Å². The molecule has 0 atom stereocenters. The van der Waals surface area contributed by atoms with Crippen LogP contribution in [0.4, 0.5) is 11.4 Å². The minimum Gasteiger partial charge on any atom is -0.464 e. The van der Waals surface area contributed by atoms with Gasteiger partial charge in [-0.25, -0.2) is 0 Å². The van der Waals surface area contributed by atoms with Crippen LogP contribution in [0.2, 0.25) is 0 Å². The summed E-state index contributed by atoms with van der Waals surface area (Å²) < 4.78 is 8.92. The lowest BCUT2D eigenvalue weighted by Gasteiger charge is -2.26. The fourth-order valence-corrected chi connectivity index (χ4v) is 9.89. The summed E-state index contributed by atoms with van der Waals surface area (Å²) in [7, 11) is 2.41. The van der Waals surface area contributed by atoms with Crippen LogP contribution >= 0.6 is 0 Å². The first-order valence-corrected chi connectivity index (χ1v) is 21.0. The molecule has 0 spiro atoms. The highest BCUT2D eigenvalue weighted by Gasteiger charge is 2.37. The molecule has 0 unspecified atom stereocenters. The fourth-order valence-electron chi connectivity index (χ4n) is 9.89. The Morgan fingerprint density at radius 2 is 1.31 bits per heavy atom. The lowest BCUT2D eigenvalue weighted by molar-refractivity contribution is 0.590. The summed E-state index contributed by atoms with van der Waals surface area (Å²) in [4.78, 5) is 0. The van der Waals surface area contributed by atoms with E-state index >= 15 is 0 Å². The van der Waals surface area contributed by atoms with Gasteiger partial charge in [-0.3, -0.25) is 0 Å². The molecule has 7 aromatic carbocycles. The van der Waals surface area contributed by atoms with Crippen LogP contribution in [-0.4, -0.2) is 11.8 Å². The van der Waals surface area contributed by atoms with Crippen molar-refractivity contribution in [1.29, 1.82) is 0 Å². The average Bonchev–Trinajstić information content (AvgIpc) is 3.85. The zero-order valence-electron chi connectivity index (χ0n) is 35.2. The first-order chi connectivity index (χ1) is 28.3. The third-order valence-electron chi connectivity index (χ3n) is 13.2. The lowest BCUT2D eigenvalue weighted by Crippen LogP contribution is -2.37. The van der Waals surface area contributed by atoms with Crippen molar-refractivity contribution in [2.24, 2.45) is 0 Å². The molecule has 287 valence electrons. The van der Waals surface area contributed by atoms with Gasteiger partial charge in [-0.05, 0) is 109 Å². The van der Waals surface area contributed by atoms with Gasteiger partial charge in [-0.15, -0.1) is 0 Å². The molecule has 0 amide bonds. The summed E-state index contributed by atoms with van der Waals surface area (Å²) in [5.74, 6) is 0. The number of anilines is 2. The SMILES string of the molecule is CC(C)(C)c1ccc(Nc2ccc(C(C)(C)C)cc2-c2ccc3c4cc5c(cc4n4c3c2[B]c2cc3occ(-c6ccccc6)c3cc2-4)-c2ccccc2C5(C)C)cc1. The van der Waals surface area contributed by atoms with Gasteiger partial charge in [0.05, 0.1) is 11.8 Å². The zero-order chi connectivity index (χ0) is 40.6. The Morgan fingerprint density at radius 1 is 0.576 bits per heavy atom. The summed E-state index contributed by atoms with van der Waals surface area (Å²) in [5.41, 5.74) is 21.7. The minimum atomic E-state index is -0.103. The first-order valence-electron chi connectivity index (χ1n) is 21.0. The van der Waals surface area contributed by atoms with Crippen LogP contribution in [0.3, 0.4) is 0 Å². The van der Waals surface area contributed by atoms with E-state index in [4.69, 9.17) is 4.42 Å². The summed E-state index contributed by atoms with van der Waals surface area (Å²) >= 11 is 0. The van der Waals surface area contributed by atoms with Crippen molar-refractivity contribution in [1.82, 2.24) is 4.57 Å². The van der Waals surface area contributed by atoms with E-state index in [-0.39, 0.29) is 16.2 Å². The van der Waals surface area contributed by atoms with Gasteiger partial charge in [0.2, 0.25) is 0 Å². The molecule has 3 nitrogen and oxygen atoms in total. The van der Waals surface area contributed by atoms with E-state index in [2.05, 4.69) is 206 Å². The van der Waals surface area contributed by atoms with Crippen molar-refractivity contribution >= 4 is 62.4 Å². The number of rotatable bonds is 4. The Labute approximate surface area is 348 Å². The second kappa shape index (κ2) is 12.4. The summed E-state index contributed by atoms with van der Waals surface area (Å²) in [6, 6.07) is 49.8. The number of aromatic nitrogens is 1. The van der Waals surface area contributed by atoms with Crippen LogP contribution in [0.5, 0.6) is 0 Å². The van der Waals surface area contributed by atoms with Gasteiger partial charge in [0.15, 0.2) is 7.28 Å². The zero-order valence-corrected chi connectivity index (χ0v) is 35.2. The minimum absolute atomic E-state index is 0.0286. The van der Waals surface area contributed by atoms with Crippen LogP contribution in [-0.2, 0) is 16.2 Å². The number of nitrogens with one attached hydrogen (secondary N) is 1. The van der Waals surface area contributed by atoms with Crippen molar-refractivity contribution in [3.63, 3.8) is 0 Å². The third-order valence-corrected chi connectivity index (χ3v) is 13.2. The van der Waals surface area contributed by atoms with Gasteiger partial charge in [0, 0.05) is 55.3 Å². The average molecular weight is 764 g/mol. The molecule has 4 heteroatoms. The van der Waals surface area contributed by atoms with Crippen LogP contribution in [0.25, 0.3) is 71.8 Å². The van der Waals surface area contributed by atoms with Crippen molar-refractivity contribution in [2.45, 2.75) is 71.6 Å². The van der Waals surface area contributed by atoms with E-state index < -0.39 is 0 Å². The molecule has 11 rings (SSSR count). The molecule has 1 radical (unpaired) electrons. The van der Waals surface area contributed by atoms with Gasteiger partial charge in [-0.2, -0.15) is 0 Å². The van der Waals surface area contributed by atoms with Crippen LogP contribution in [0.15, 0.2) is 144 Å². The molecule has 59 heavy (non-hydrogen) atoms. The standard InChI is InChI=1S/C55H48BN2O/c1-53(2,3)33-18-21-35(22-19-33)57-47-25-20-34(54(4,5)6)26-40(47)37-23-24-38-41-27-45-39(36-16-12-13-17-44(36)55(45,7)8)28-48(41)58-49-29-42-43(32-14-10-9-11-15-32)31-59-50(42)30-46(49)56-51(37)52(38)58/h9-31,57H,1-8H3. The van der Waals surface area contributed by atoms with E-state index in [1.54, 1.807) is 0 Å². The largest absolute Gasteiger partial charge is 0.464 e. The molecule has 2 aliphatic rings. The lowest BCUT2D eigenvalue weighted by atomic mass is 9.59. The van der Waals surface area contributed by atoms with Gasteiger partial charge >= 0.3 is 0 Å². The number of benzene rings is 7. The van der Waals surface area contributed by atoms with Crippen molar-refractivity contribution < 1.29 is 4.42 Å². The third kappa shape index (κ3) is 5.42. The fraction of sp³-hybridized carbons (Fsp3) is 0.200. The van der Waals surface area contributed by atoms with Gasteiger partial charge in [0.1, 0.15) is 5.58 Å². The Bertz CT molecular complexity index is 3180. The molecule has 0 fully saturated rings. The van der Waals surface area contributed by atoms with Crippen molar-refractivity contribution in [3.05, 3.63) is 162 Å². The predicted molar refractivity (Wildman–Crippen MR) is 251 cm³/mol. The highest BCUT2D eigenvalue weighted by molar-refractivity contribution is 6.73. The van der Waals surface area contributed by atoms with Crippen LogP contribution in [0.1, 0.15) is 77.6 Å². The van der Waals surface area contributed by atoms with Crippen molar-refractivity contribution in [3.8, 4) is 39.1 Å². The quantitative estimate of drug-likeness (QED) is 0.181. The van der Waals surface area contributed by atoms with Gasteiger partial charge in [0.25, 0.3) is 0 Å². The number of hydrogen-bond donors (Lipinski definition) is 1. The maximum atomic E-state index is 6.37. The summed E-state index contributed by atoms with van der Waals surface area (Å²) in [6.07, 6.45) is 1.92. The Kier molecular flexibility index (Phi) is 7.53. The smallest absolute Gasteiger partial charge is 0.198 e. The normalized spacial score (nSPS) is 14.0. The molecule has 1 N–H and O–H groups in total. The number of nitrogens with zero attached hydrogens (tertiary/aromatic N) is 1. The molecule has 3 heterocycles. The molecule has 0 bridgehead atoms. The molecule has 0 saturated heterocycles. The van der Waals surface area contributed by atoms with E-state index in [1.807, 2.05) is 6.26 Å². The van der Waals surface area contributed by atoms with Crippen molar-refractivity contribution in [2.75, 3.05) is 5.32 Å². The summed E-state index contributed by atoms with van der Waals surface area (Å²) in [5, 5.41) is 7.53. The molecule has 1 aliphatic heterocycles. The highest BCUT2D eigenvalue weighted by atomic mass is 16.3. The highest BCUT2D eigenvalue weighted by Crippen LogP contribution is 2.51. The first kappa shape index (κ1) is 35.9. The Hall–Kier alpha value is -6.26. The molecular formula is C55H48BN2O. The van der Waals surface area contributed by atoms with E-state index in [1.165, 1.54) is 77.5 Å². The van der Waals surface area contributed by atoms with Gasteiger partial charge in [-0.1, -0.05) is 146 Å². The number of hydrogen-bond acceptors (Lipinski definition) is 2. The number of fused-ring (bicyclic) bond motifs is 9. The maximum absolute atomic E-state index is 6.37. The molecule has 2 aromatic heterocycles. The second-order valence-corrected chi connectivity index (χ2v) is 19.4. The maximum Gasteiger partial charge on any atom is 0.198 e. The van der Waals surface area contributed by atoms with Crippen LogP contribution in [0, 0.1) is 0 Å². The van der Waals surface area contributed by atoms with E-state index in [0.29, 0.717) is 0 Å². The summed E-state index contributed by atoms with van der Waals surface area (Å²) in [6.45, 7) is 18.4. The molecule has 9 aromatic rings. The molecular weight excluding hydrogens is 715 g/mol. The van der Waals surface area contributed by atoms with Gasteiger partial charge < -0.3 is 14.3 Å². The Morgan fingerprint density at radius 3 is 2.07 bits per heavy atom. The number of furan rings is 1. The molecule has 0 saturated carbocycles. The monoisotopic (exact) mass is 763 g/mol. The second-order valence-electron chi connectivity index (χ2n) is 19.4. The van der Waals surface area contributed by atoms with E-state index in [9.17, 15) is 0 Å². The predicted octanol–water partition coefficient (Wildman–Crippen LogP) is 13.5. The van der Waals surface area contributed by atoms with E-state index in [0.717, 1.165) is 38.9 Å². The molecule has 1 aliphatic carbocycles. The Balaban J connectivity index is 1.19. The topological polar surface area (TPSA) is 30.1 Å².